The van der Waals surface area contributed by atoms with Crippen molar-refractivity contribution in [1.29, 1.82) is 0 Å². The molecule has 2 aromatic carbocycles. The van der Waals surface area contributed by atoms with Crippen LogP contribution in [0.1, 0.15) is 10.5 Å². The molecule has 0 aliphatic heterocycles. The highest BCUT2D eigenvalue weighted by atomic mass is 35.5. The van der Waals surface area contributed by atoms with Crippen molar-refractivity contribution in [3.8, 4) is 11.5 Å². The molecule has 0 spiro atoms. The molecule has 1 amide bonds. The van der Waals surface area contributed by atoms with E-state index >= 15 is 0 Å². The summed E-state index contributed by atoms with van der Waals surface area (Å²) in [4.78, 5) is 16.2. The molecule has 7 heteroatoms. The number of nitrogens with zero attached hydrogens (tertiary/aromatic N) is 1. The Morgan fingerprint density at radius 2 is 1.91 bits per heavy atom. The Balaban J connectivity index is 0.00000192. The second-order valence-electron chi connectivity index (χ2n) is 4.59. The molecule has 1 heterocycles. The van der Waals surface area contributed by atoms with Gasteiger partial charge in [0.05, 0.1) is 11.4 Å². The predicted molar refractivity (Wildman–Crippen MR) is 88.0 cm³/mol. The first-order valence-electron chi connectivity index (χ1n) is 6.51. The Hall–Kier alpha value is -2.86. The molecule has 0 aliphatic rings. The second-order valence-corrected chi connectivity index (χ2v) is 4.59. The molecule has 0 radical (unpaired) electrons. The Morgan fingerprint density at radius 1 is 1.17 bits per heavy atom. The summed E-state index contributed by atoms with van der Waals surface area (Å²) in [6, 6.07) is 12.9. The minimum Gasteiger partial charge on any atom is -0.444 e. The first-order chi connectivity index (χ1) is 10.6. The number of halogens is 2. The van der Waals surface area contributed by atoms with Crippen LogP contribution in [0.15, 0.2) is 59.2 Å². The zero-order valence-electron chi connectivity index (χ0n) is 11.8. The van der Waals surface area contributed by atoms with Crippen LogP contribution in [0.4, 0.5) is 15.8 Å². The normalized spacial score (nSPS) is 9.96. The van der Waals surface area contributed by atoms with Gasteiger partial charge < -0.3 is 15.5 Å². The van der Waals surface area contributed by atoms with E-state index in [1.165, 1.54) is 18.4 Å². The van der Waals surface area contributed by atoms with E-state index in [9.17, 15) is 9.18 Å². The van der Waals surface area contributed by atoms with Gasteiger partial charge >= 0.3 is 0 Å². The lowest BCUT2D eigenvalue weighted by Crippen LogP contribution is -2.13. The Labute approximate surface area is 137 Å². The molecule has 23 heavy (non-hydrogen) atoms. The Bertz CT molecular complexity index is 821. The summed E-state index contributed by atoms with van der Waals surface area (Å²) in [7, 11) is 0. The summed E-state index contributed by atoms with van der Waals surface area (Å²) in [5.74, 6) is -0.684. The minimum atomic E-state index is -0.525. The number of nitrogens with one attached hydrogen (secondary N) is 1. The highest BCUT2D eigenvalue weighted by Crippen LogP contribution is 2.21. The summed E-state index contributed by atoms with van der Waals surface area (Å²) >= 11 is 0. The molecule has 0 fully saturated rings. The van der Waals surface area contributed by atoms with Crippen LogP contribution >= 0.6 is 12.4 Å². The van der Waals surface area contributed by atoms with Gasteiger partial charge in [0.25, 0.3) is 5.91 Å². The lowest BCUT2D eigenvalue weighted by molar-refractivity contribution is 0.102. The number of nitrogens with two attached hydrogens (primary N) is 1. The van der Waals surface area contributed by atoms with Gasteiger partial charge in [-0.3, -0.25) is 4.79 Å². The molecule has 118 valence electrons. The van der Waals surface area contributed by atoms with Crippen LogP contribution < -0.4 is 11.1 Å². The number of hydrogen-bond donors (Lipinski definition) is 2. The van der Waals surface area contributed by atoms with E-state index in [0.29, 0.717) is 5.89 Å². The molecule has 3 aromatic rings. The molecule has 0 unspecified atom stereocenters. The fourth-order valence-electron chi connectivity index (χ4n) is 1.91. The molecule has 3 N–H and O–H groups in total. The van der Waals surface area contributed by atoms with Gasteiger partial charge in [-0.1, -0.05) is 18.2 Å². The van der Waals surface area contributed by atoms with E-state index < -0.39 is 11.7 Å². The highest BCUT2D eigenvalue weighted by Gasteiger charge is 2.14. The van der Waals surface area contributed by atoms with Crippen LogP contribution in [0.3, 0.4) is 0 Å². The van der Waals surface area contributed by atoms with Gasteiger partial charge in [-0.05, 0) is 30.3 Å². The topological polar surface area (TPSA) is 81.1 Å². The first-order valence-corrected chi connectivity index (χ1v) is 6.51. The Kier molecular flexibility index (Phi) is 4.98. The number of amides is 1. The summed E-state index contributed by atoms with van der Waals surface area (Å²) in [6.07, 6.45) is 1.24. The number of nitrogen functional groups attached to an aromatic ring is 1. The maximum absolute atomic E-state index is 13.2. The molecule has 0 atom stereocenters. The molecular weight excluding hydrogens is 321 g/mol. The number of aromatic nitrogens is 1. The standard InChI is InChI=1S/C16H12FN3O2.ClH/c17-11-6-7-12(18)13(8-11)19-15(21)14-9-22-16(20-14)10-4-2-1-3-5-10;/h1-9H,18H2,(H,19,21);1H. The minimum absolute atomic E-state index is 0. The maximum Gasteiger partial charge on any atom is 0.277 e. The van der Waals surface area contributed by atoms with Crippen molar-refractivity contribution in [3.05, 3.63) is 66.3 Å². The lowest BCUT2D eigenvalue weighted by atomic mass is 10.2. The summed E-state index contributed by atoms with van der Waals surface area (Å²) in [6.45, 7) is 0. The van der Waals surface area contributed by atoms with Crippen molar-refractivity contribution in [1.82, 2.24) is 4.98 Å². The van der Waals surface area contributed by atoms with Crippen molar-refractivity contribution in [2.24, 2.45) is 0 Å². The highest BCUT2D eigenvalue weighted by molar-refractivity contribution is 6.04. The number of oxazole rings is 1. The second kappa shape index (κ2) is 6.93. The quantitative estimate of drug-likeness (QED) is 0.715. The van der Waals surface area contributed by atoms with Crippen molar-refractivity contribution in [2.75, 3.05) is 11.1 Å². The van der Waals surface area contributed by atoms with Crippen molar-refractivity contribution >= 4 is 29.7 Å². The maximum atomic E-state index is 13.2. The average Bonchev–Trinajstić information content (AvgIpc) is 3.02. The van der Waals surface area contributed by atoms with Crippen molar-refractivity contribution in [3.63, 3.8) is 0 Å². The number of hydrogen-bond acceptors (Lipinski definition) is 4. The van der Waals surface area contributed by atoms with E-state index in [2.05, 4.69) is 10.3 Å². The number of rotatable bonds is 3. The lowest BCUT2D eigenvalue weighted by Gasteiger charge is -2.06. The number of carbonyl (C=O) groups is 1. The van der Waals surface area contributed by atoms with Gasteiger partial charge in [0.15, 0.2) is 5.69 Å². The molecule has 0 bridgehead atoms. The van der Waals surface area contributed by atoms with Crippen LogP contribution in [0, 0.1) is 5.82 Å². The van der Waals surface area contributed by atoms with Gasteiger partial charge in [-0.15, -0.1) is 12.4 Å². The van der Waals surface area contributed by atoms with Gasteiger partial charge in [-0.25, -0.2) is 9.37 Å². The Morgan fingerprint density at radius 3 is 2.65 bits per heavy atom. The fraction of sp³-hybridized carbons (Fsp3) is 0. The molecule has 0 saturated carbocycles. The van der Waals surface area contributed by atoms with Gasteiger partial charge in [0, 0.05) is 5.56 Å². The van der Waals surface area contributed by atoms with Gasteiger partial charge in [0.2, 0.25) is 5.89 Å². The van der Waals surface area contributed by atoms with Crippen LogP contribution in [0.2, 0.25) is 0 Å². The van der Waals surface area contributed by atoms with Gasteiger partial charge in [0.1, 0.15) is 12.1 Å². The SMILES string of the molecule is Cl.Nc1ccc(F)cc1NC(=O)c1coc(-c2ccccc2)n1. The van der Waals surface area contributed by atoms with Crippen LogP contribution in [0.25, 0.3) is 11.5 Å². The zero-order chi connectivity index (χ0) is 15.5. The summed E-state index contributed by atoms with van der Waals surface area (Å²) < 4.78 is 18.5. The molecular formula is C16H13ClFN3O2. The zero-order valence-corrected chi connectivity index (χ0v) is 12.6. The van der Waals surface area contributed by atoms with Crippen molar-refractivity contribution in [2.45, 2.75) is 0 Å². The van der Waals surface area contributed by atoms with E-state index in [1.54, 1.807) is 0 Å². The average molecular weight is 334 g/mol. The van der Waals surface area contributed by atoms with E-state index in [4.69, 9.17) is 10.2 Å². The van der Waals surface area contributed by atoms with E-state index in [0.717, 1.165) is 11.6 Å². The molecule has 1 aromatic heterocycles. The molecule has 5 nitrogen and oxygen atoms in total. The number of anilines is 2. The third-order valence-electron chi connectivity index (χ3n) is 3.02. The van der Waals surface area contributed by atoms with Crippen LogP contribution in [-0.2, 0) is 0 Å². The van der Waals surface area contributed by atoms with E-state index in [-0.39, 0.29) is 29.5 Å². The molecule has 0 saturated heterocycles. The smallest absolute Gasteiger partial charge is 0.277 e. The third kappa shape index (κ3) is 3.67. The number of carbonyl (C=O) groups excluding carboxylic acids is 1. The fourth-order valence-corrected chi connectivity index (χ4v) is 1.91. The third-order valence-corrected chi connectivity index (χ3v) is 3.02. The predicted octanol–water partition coefficient (Wildman–Crippen LogP) is 3.74. The monoisotopic (exact) mass is 333 g/mol. The molecule has 3 rings (SSSR count). The summed E-state index contributed by atoms with van der Waals surface area (Å²) in [5, 5.41) is 2.51. The van der Waals surface area contributed by atoms with E-state index in [1.807, 2.05) is 30.3 Å². The first kappa shape index (κ1) is 16.5. The van der Waals surface area contributed by atoms with Crippen LogP contribution in [-0.4, -0.2) is 10.9 Å². The largest absolute Gasteiger partial charge is 0.444 e. The summed E-state index contributed by atoms with van der Waals surface area (Å²) in [5.41, 5.74) is 6.98. The van der Waals surface area contributed by atoms with Gasteiger partial charge in [-0.2, -0.15) is 0 Å². The van der Waals surface area contributed by atoms with Crippen molar-refractivity contribution < 1.29 is 13.6 Å². The van der Waals surface area contributed by atoms with Crippen LogP contribution in [0.5, 0.6) is 0 Å². The number of benzene rings is 2. The molecule has 0 aliphatic carbocycles.